The zero-order valence-electron chi connectivity index (χ0n) is 21.6. The molecule has 3 aliphatic heterocycles. The van der Waals surface area contributed by atoms with Gasteiger partial charge >= 0.3 is 5.63 Å². The van der Waals surface area contributed by atoms with Gasteiger partial charge in [-0.15, -0.1) is 0 Å². The molecule has 1 atom stereocenters. The number of H-pyrrole nitrogens is 1. The van der Waals surface area contributed by atoms with E-state index in [4.69, 9.17) is 4.42 Å². The molecular weight excluding hydrogens is 496 g/mol. The van der Waals surface area contributed by atoms with Gasteiger partial charge in [-0.2, -0.15) is 0 Å². The molecular formula is C30H30N4O5. The number of carbonyl (C=O) groups is 2. The summed E-state index contributed by atoms with van der Waals surface area (Å²) in [5.41, 5.74) is 6.25. The average Bonchev–Trinajstić information content (AvgIpc) is 3.33. The first-order valence-electron chi connectivity index (χ1n) is 13.7. The second kappa shape index (κ2) is 9.27. The van der Waals surface area contributed by atoms with Gasteiger partial charge in [0.2, 0.25) is 5.91 Å². The van der Waals surface area contributed by atoms with E-state index >= 15 is 0 Å². The Bertz CT molecular complexity index is 1700. The lowest BCUT2D eigenvalue weighted by Crippen LogP contribution is -2.52. The summed E-state index contributed by atoms with van der Waals surface area (Å²) in [6.07, 6.45) is 4.52. The molecule has 39 heavy (non-hydrogen) atoms. The fraction of sp³-hybridized carbons (Fsp3) is 0.367. The number of aliphatic hydroxyl groups is 1. The van der Waals surface area contributed by atoms with Crippen LogP contribution in [0.3, 0.4) is 0 Å². The van der Waals surface area contributed by atoms with Crippen molar-refractivity contribution in [3.05, 3.63) is 74.8 Å². The van der Waals surface area contributed by atoms with Crippen LogP contribution >= 0.6 is 0 Å². The standard InChI is InChI=1S/C30H30N4O5/c35-16-25(29(37)34-12-9-20-19-6-1-2-8-23(19)31-24(20)15-34)32-28(36)22-14-18-13-17-5-3-10-33-11-4-7-21(26(17)33)27(18)39-30(22)38/h1-2,6,8,13-14,25,31,35H,3-5,7,9-12,15-16H2,(H,32,36). The molecule has 1 unspecified atom stereocenters. The molecule has 5 heterocycles. The predicted octanol–water partition coefficient (Wildman–Crippen LogP) is 2.65. The Labute approximate surface area is 224 Å². The van der Waals surface area contributed by atoms with Crippen LogP contribution in [-0.4, -0.2) is 59.1 Å². The fourth-order valence-corrected chi connectivity index (χ4v) is 6.63. The summed E-state index contributed by atoms with van der Waals surface area (Å²) in [5.74, 6) is -1.12. The summed E-state index contributed by atoms with van der Waals surface area (Å²) >= 11 is 0. The van der Waals surface area contributed by atoms with Gasteiger partial charge in [0.25, 0.3) is 5.91 Å². The van der Waals surface area contributed by atoms with E-state index in [0.717, 1.165) is 60.9 Å². The Kier molecular flexibility index (Phi) is 5.70. The van der Waals surface area contributed by atoms with Crippen molar-refractivity contribution >= 4 is 39.4 Å². The topological polar surface area (TPSA) is 119 Å². The van der Waals surface area contributed by atoms with E-state index in [1.165, 1.54) is 16.8 Å². The van der Waals surface area contributed by atoms with E-state index in [1.807, 2.05) is 24.3 Å². The Morgan fingerprint density at radius 2 is 1.87 bits per heavy atom. The number of rotatable bonds is 4. The van der Waals surface area contributed by atoms with Gasteiger partial charge < -0.3 is 29.6 Å². The molecule has 0 fully saturated rings. The van der Waals surface area contributed by atoms with Crippen LogP contribution in [0.5, 0.6) is 0 Å². The van der Waals surface area contributed by atoms with E-state index in [0.29, 0.717) is 30.5 Å². The third-order valence-electron chi connectivity index (χ3n) is 8.44. The average molecular weight is 527 g/mol. The molecule has 2 aromatic carbocycles. The molecule has 0 saturated heterocycles. The van der Waals surface area contributed by atoms with Crippen molar-refractivity contribution in [3.63, 3.8) is 0 Å². The van der Waals surface area contributed by atoms with Crippen molar-refractivity contribution in [2.45, 2.75) is 44.7 Å². The number of anilines is 1. The molecule has 7 rings (SSSR count). The van der Waals surface area contributed by atoms with Crippen molar-refractivity contribution in [1.82, 2.24) is 15.2 Å². The maximum absolute atomic E-state index is 13.3. The van der Waals surface area contributed by atoms with Crippen LogP contribution in [0.15, 0.2) is 45.6 Å². The minimum absolute atomic E-state index is 0.166. The summed E-state index contributed by atoms with van der Waals surface area (Å²) in [5, 5.41) is 14.5. The van der Waals surface area contributed by atoms with Gasteiger partial charge in [0.1, 0.15) is 17.2 Å². The number of fused-ring (bicyclic) bond motifs is 5. The van der Waals surface area contributed by atoms with Crippen LogP contribution in [0, 0.1) is 0 Å². The second-order valence-corrected chi connectivity index (χ2v) is 10.8. The Balaban J connectivity index is 1.14. The van der Waals surface area contributed by atoms with E-state index < -0.39 is 24.2 Å². The number of carbonyl (C=O) groups excluding carboxylic acids is 2. The van der Waals surface area contributed by atoms with E-state index in [9.17, 15) is 19.5 Å². The summed E-state index contributed by atoms with van der Waals surface area (Å²) in [7, 11) is 0. The highest BCUT2D eigenvalue weighted by Crippen LogP contribution is 2.39. The number of hydrogen-bond donors (Lipinski definition) is 3. The van der Waals surface area contributed by atoms with Crippen molar-refractivity contribution in [3.8, 4) is 0 Å². The molecule has 0 bridgehead atoms. The van der Waals surface area contributed by atoms with E-state index in [1.54, 1.807) is 11.0 Å². The maximum Gasteiger partial charge on any atom is 0.349 e. The molecule has 0 radical (unpaired) electrons. The number of nitrogens with zero attached hydrogens (tertiary/aromatic N) is 2. The highest BCUT2D eigenvalue weighted by Gasteiger charge is 2.31. The van der Waals surface area contributed by atoms with Gasteiger partial charge in [-0.25, -0.2) is 4.79 Å². The van der Waals surface area contributed by atoms with Crippen LogP contribution in [-0.2, 0) is 30.6 Å². The largest absolute Gasteiger partial charge is 0.422 e. The number of aromatic nitrogens is 1. The van der Waals surface area contributed by atoms with Crippen molar-refractivity contribution in [2.75, 3.05) is 31.1 Å². The molecule has 2 amide bonds. The molecule has 9 heteroatoms. The van der Waals surface area contributed by atoms with Crippen LogP contribution in [0.4, 0.5) is 5.69 Å². The first-order valence-corrected chi connectivity index (χ1v) is 13.7. The molecule has 0 saturated carbocycles. The summed E-state index contributed by atoms with van der Waals surface area (Å²) in [6.45, 7) is 2.27. The minimum atomic E-state index is -1.17. The summed E-state index contributed by atoms with van der Waals surface area (Å²) in [4.78, 5) is 46.9. The number of hydrogen-bond acceptors (Lipinski definition) is 6. The minimum Gasteiger partial charge on any atom is -0.422 e. The molecule has 0 aliphatic carbocycles. The van der Waals surface area contributed by atoms with Gasteiger partial charge in [0, 0.05) is 52.9 Å². The Morgan fingerprint density at radius 3 is 2.72 bits per heavy atom. The smallest absolute Gasteiger partial charge is 0.349 e. The lowest BCUT2D eigenvalue weighted by atomic mass is 9.90. The summed E-state index contributed by atoms with van der Waals surface area (Å²) in [6, 6.07) is 10.4. The predicted molar refractivity (Wildman–Crippen MR) is 147 cm³/mol. The van der Waals surface area contributed by atoms with Gasteiger partial charge in [-0.1, -0.05) is 18.2 Å². The Morgan fingerprint density at radius 1 is 1.05 bits per heavy atom. The number of aliphatic hydroxyl groups excluding tert-OH is 1. The van der Waals surface area contributed by atoms with Crippen molar-refractivity contribution in [2.24, 2.45) is 0 Å². The van der Waals surface area contributed by atoms with Crippen LogP contribution < -0.4 is 15.8 Å². The first-order chi connectivity index (χ1) is 19.0. The van der Waals surface area contributed by atoms with Crippen LogP contribution in [0.2, 0.25) is 0 Å². The summed E-state index contributed by atoms with van der Waals surface area (Å²) < 4.78 is 5.74. The number of nitrogens with one attached hydrogen (secondary N) is 2. The van der Waals surface area contributed by atoms with Crippen LogP contribution in [0.25, 0.3) is 21.9 Å². The fourth-order valence-electron chi connectivity index (χ4n) is 6.63. The van der Waals surface area contributed by atoms with E-state index in [-0.39, 0.29) is 11.5 Å². The Hall–Kier alpha value is -4.11. The zero-order valence-corrected chi connectivity index (χ0v) is 21.6. The van der Waals surface area contributed by atoms with Gasteiger partial charge in [0.15, 0.2) is 0 Å². The lowest BCUT2D eigenvalue weighted by Gasteiger charge is -2.37. The van der Waals surface area contributed by atoms with Crippen LogP contribution in [0.1, 0.15) is 45.6 Å². The van der Waals surface area contributed by atoms with E-state index in [2.05, 4.69) is 21.3 Å². The van der Waals surface area contributed by atoms with Gasteiger partial charge in [0.05, 0.1) is 13.2 Å². The SMILES string of the molecule is O=C(NC(CO)C(=O)N1CCc2c([nH]c3ccccc23)C1)c1cc2cc3c4c(c2oc1=O)CCCN4CCC3. The number of amides is 2. The molecule has 3 aliphatic rings. The quantitative estimate of drug-likeness (QED) is 0.352. The lowest BCUT2D eigenvalue weighted by molar-refractivity contribution is -0.135. The third kappa shape index (κ3) is 3.91. The van der Waals surface area contributed by atoms with Crippen molar-refractivity contribution in [1.29, 1.82) is 0 Å². The van der Waals surface area contributed by atoms with Crippen molar-refractivity contribution < 1.29 is 19.1 Å². The molecule has 200 valence electrons. The second-order valence-electron chi connectivity index (χ2n) is 10.8. The third-order valence-corrected chi connectivity index (χ3v) is 8.44. The molecule has 0 spiro atoms. The molecule has 4 aromatic rings. The highest BCUT2D eigenvalue weighted by molar-refractivity contribution is 6.00. The number of para-hydroxylation sites is 1. The van der Waals surface area contributed by atoms with Gasteiger partial charge in [-0.05, 0) is 61.4 Å². The maximum atomic E-state index is 13.3. The number of benzene rings is 2. The van der Waals surface area contributed by atoms with Gasteiger partial charge in [-0.3, -0.25) is 9.59 Å². The normalized spacial score (nSPS) is 17.2. The monoisotopic (exact) mass is 526 g/mol. The highest BCUT2D eigenvalue weighted by atomic mass is 16.4. The molecule has 3 N–H and O–H groups in total. The number of aryl methyl sites for hydroxylation is 2. The first kappa shape index (κ1) is 24.0. The molecule has 9 nitrogen and oxygen atoms in total. The zero-order chi connectivity index (χ0) is 26.7. The number of aromatic amines is 1. The molecule has 2 aromatic heterocycles.